The van der Waals surface area contributed by atoms with Crippen LogP contribution in [0.5, 0.6) is 5.75 Å². The van der Waals surface area contributed by atoms with Crippen LogP contribution in [0.1, 0.15) is 56.6 Å². The van der Waals surface area contributed by atoms with Gasteiger partial charge in [-0.3, -0.25) is 4.90 Å². The zero-order valence-electron chi connectivity index (χ0n) is 17.4. The summed E-state index contributed by atoms with van der Waals surface area (Å²) in [4.78, 5) is 2.53. The van der Waals surface area contributed by atoms with Crippen molar-refractivity contribution >= 4 is 0 Å². The molecule has 0 saturated carbocycles. The van der Waals surface area contributed by atoms with Crippen LogP contribution in [0.25, 0.3) is 0 Å². The van der Waals surface area contributed by atoms with Gasteiger partial charge in [-0.2, -0.15) is 0 Å². The minimum absolute atomic E-state index is 0.501. The molecule has 1 atom stereocenters. The minimum atomic E-state index is 0.501. The van der Waals surface area contributed by atoms with Crippen LogP contribution >= 0.6 is 0 Å². The molecule has 149 valence electrons. The van der Waals surface area contributed by atoms with Crippen molar-refractivity contribution in [2.24, 2.45) is 0 Å². The molecule has 0 aromatic heterocycles. The Morgan fingerprint density at radius 1 is 1.04 bits per heavy atom. The van der Waals surface area contributed by atoms with E-state index in [2.05, 4.69) is 85.8 Å². The van der Waals surface area contributed by atoms with Gasteiger partial charge >= 0.3 is 0 Å². The van der Waals surface area contributed by atoms with Gasteiger partial charge in [-0.25, -0.2) is 0 Å². The maximum atomic E-state index is 5.91. The summed E-state index contributed by atoms with van der Waals surface area (Å²) in [5.74, 6) is 1.49. The highest BCUT2D eigenvalue weighted by molar-refractivity contribution is 5.30. The molecule has 0 amide bonds. The lowest BCUT2D eigenvalue weighted by Gasteiger charge is -2.26. The number of nitrogens with zero attached hydrogens (tertiary/aromatic N) is 1. The van der Waals surface area contributed by atoms with Crippen LogP contribution in [0.2, 0.25) is 0 Å². The van der Waals surface area contributed by atoms with Crippen LogP contribution in [0.3, 0.4) is 0 Å². The molecule has 28 heavy (non-hydrogen) atoms. The summed E-state index contributed by atoms with van der Waals surface area (Å²) in [6.07, 6.45) is 9.41. The second-order valence-electron chi connectivity index (χ2n) is 7.83. The van der Waals surface area contributed by atoms with Crippen molar-refractivity contribution in [3.8, 4) is 5.75 Å². The van der Waals surface area contributed by atoms with Crippen molar-refractivity contribution in [1.29, 1.82) is 0 Å². The molecule has 0 spiro atoms. The van der Waals surface area contributed by atoms with E-state index in [1.807, 2.05) is 0 Å². The van der Waals surface area contributed by atoms with Gasteiger partial charge in [0.2, 0.25) is 0 Å². The van der Waals surface area contributed by atoms with Crippen molar-refractivity contribution in [1.82, 2.24) is 4.90 Å². The van der Waals surface area contributed by atoms with E-state index >= 15 is 0 Å². The maximum absolute atomic E-state index is 5.91. The third-order valence-corrected chi connectivity index (χ3v) is 5.70. The van der Waals surface area contributed by atoms with Crippen LogP contribution in [-0.2, 0) is 6.54 Å². The van der Waals surface area contributed by atoms with Gasteiger partial charge in [0.25, 0.3) is 0 Å². The van der Waals surface area contributed by atoms with Gasteiger partial charge in [-0.1, -0.05) is 68.0 Å². The fourth-order valence-electron chi connectivity index (χ4n) is 3.67. The molecule has 0 aliphatic carbocycles. The van der Waals surface area contributed by atoms with E-state index in [4.69, 9.17) is 4.74 Å². The third kappa shape index (κ3) is 6.53. The number of hydrogen-bond donors (Lipinski definition) is 0. The van der Waals surface area contributed by atoms with Crippen LogP contribution < -0.4 is 4.74 Å². The Hall–Kier alpha value is -2.06. The van der Waals surface area contributed by atoms with Crippen molar-refractivity contribution in [2.45, 2.75) is 52.0 Å². The lowest BCUT2D eigenvalue weighted by Crippen LogP contribution is -2.28. The predicted molar refractivity (Wildman–Crippen MR) is 119 cm³/mol. The largest absolute Gasteiger partial charge is 0.494 e. The molecule has 2 nitrogen and oxygen atoms in total. The molecule has 3 rings (SSSR count). The normalized spacial score (nSPS) is 15.9. The van der Waals surface area contributed by atoms with Gasteiger partial charge in [0.05, 0.1) is 6.61 Å². The van der Waals surface area contributed by atoms with Crippen LogP contribution in [-0.4, -0.2) is 24.6 Å². The van der Waals surface area contributed by atoms with E-state index in [9.17, 15) is 0 Å². The first-order chi connectivity index (χ1) is 13.7. The van der Waals surface area contributed by atoms with E-state index in [1.54, 1.807) is 5.57 Å². The molecule has 2 heteroatoms. The molecular weight excluding hydrogens is 342 g/mol. The van der Waals surface area contributed by atoms with E-state index in [0.29, 0.717) is 5.92 Å². The SMILES string of the molecule is C[CH][C@@H](C)c1ccc(OCCCCC2=CCN(Cc3ccccc3)CC2)cc1. The number of rotatable bonds is 10. The van der Waals surface area contributed by atoms with Crippen molar-refractivity contribution in [3.05, 3.63) is 83.8 Å². The molecule has 1 heterocycles. The van der Waals surface area contributed by atoms with Crippen LogP contribution in [0.15, 0.2) is 66.2 Å². The molecule has 1 radical (unpaired) electrons. The van der Waals surface area contributed by atoms with Gasteiger partial charge in [0.1, 0.15) is 5.75 Å². The Morgan fingerprint density at radius 2 is 1.82 bits per heavy atom. The van der Waals surface area contributed by atoms with Crippen molar-refractivity contribution in [2.75, 3.05) is 19.7 Å². The van der Waals surface area contributed by atoms with Gasteiger partial charge in [-0.15, -0.1) is 0 Å². The van der Waals surface area contributed by atoms with Gasteiger partial charge in [0, 0.05) is 19.6 Å². The summed E-state index contributed by atoms with van der Waals surface area (Å²) in [6.45, 7) is 8.46. The monoisotopic (exact) mass is 376 g/mol. The maximum Gasteiger partial charge on any atom is 0.119 e. The fourth-order valence-corrected chi connectivity index (χ4v) is 3.67. The predicted octanol–water partition coefficient (Wildman–Crippen LogP) is 6.40. The quantitative estimate of drug-likeness (QED) is 0.351. The number of benzene rings is 2. The summed E-state index contributed by atoms with van der Waals surface area (Å²) < 4.78 is 5.91. The molecule has 0 N–H and O–H groups in total. The molecule has 2 aromatic carbocycles. The zero-order chi connectivity index (χ0) is 19.6. The minimum Gasteiger partial charge on any atom is -0.494 e. The summed E-state index contributed by atoms with van der Waals surface area (Å²) in [5, 5.41) is 0. The highest BCUT2D eigenvalue weighted by atomic mass is 16.5. The highest BCUT2D eigenvalue weighted by Crippen LogP contribution is 2.22. The third-order valence-electron chi connectivity index (χ3n) is 5.70. The molecule has 0 fully saturated rings. The Morgan fingerprint density at radius 3 is 2.50 bits per heavy atom. The van der Waals surface area contributed by atoms with Gasteiger partial charge in [0.15, 0.2) is 0 Å². The Bertz CT molecular complexity index is 720. The van der Waals surface area contributed by atoms with Gasteiger partial charge < -0.3 is 4.74 Å². The number of unbranched alkanes of at least 4 members (excludes halogenated alkanes) is 1. The Balaban J connectivity index is 1.30. The molecule has 1 aliphatic heterocycles. The lowest BCUT2D eigenvalue weighted by molar-refractivity contribution is 0.281. The second-order valence-corrected chi connectivity index (χ2v) is 7.83. The Labute approximate surface area is 171 Å². The van der Waals surface area contributed by atoms with Gasteiger partial charge in [-0.05, 0) is 61.3 Å². The van der Waals surface area contributed by atoms with E-state index in [0.717, 1.165) is 31.9 Å². The smallest absolute Gasteiger partial charge is 0.119 e. The van der Waals surface area contributed by atoms with E-state index in [-0.39, 0.29) is 0 Å². The van der Waals surface area contributed by atoms with E-state index < -0.39 is 0 Å². The highest BCUT2D eigenvalue weighted by Gasteiger charge is 2.11. The average Bonchev–Trinajstić information content (AvgIpc) is 2.75. The van der Waals surface area contributed by atoms with E-state index in [1.165, 1.54) is 36.9 Å². The second kappa shape index (κ2) is 11.1. The van der Waals surface area contributed by atoms with Crippen LogP contribution in [0.4, 0.5) is 0 Å². The van der Waals surface area contributed by atoms with Crippen molar-refractivity contribution < 1.29 is 4.74 Å². The first-order valence-electron chi connectivity index (χ1n) is 10.7. The zero-order valence-corrected chi connectivity index (χ0v) is 17.4. The molecule has 1 aliphatic rings. The average molecular weight is 377 g/mol. The van der Waals surface area contributed by atoms with Crippen molar-refractivity contribution in [3.63, 3.8) is 0 Å². The molecular formula is C26H34NO. The summed E-state index contributed by atoms with van der Waals surface area (Å²) in [5.41, 5.74) is 4.38. The number of hydrogen-bond acceptors (Lipinski definition) is 2. The Kier molecular flexibility index (Phi) is 8.17. The fraction of sp³-hybridized carbons (Fsp3) is 0.423. The summed E-state index contributed by atoms with van der Waals surface area (Å²) >= 11 is 0. The molecule has 2 aromatic rings. The molecule has 0 bridgehead atoms. The summed E-state index contributed by atoms with van der Waals surface area (Å²) in [6, 6.07) is 19.3. The summed E-state index contributed by atoms with van der Waals surface area (Å²) in [7, 11) is 0. The lowest BCUT2D eigenvalue weighted by atomic mass is 9.99. The first-order valence-corrected chi connectivity index (χ1v) is 10.7. The molecule has 0 saturated heterocycles. The number of ether oxygens (including phenoxy) is 1. The molecule has 0 unspecified atom stereocenters. The standard InChI is InChI=1S/C26H34NO/c1-3-22(2)25-12-14-26(15-13-25)28-20-8-7-9-23-16-18-27(19-17-23)21-24-10-5-4-6-11-24/h3-6,10-16,22H,7-9,17-21H2,1-2H3/t22-/m1/s1. The first kappa shape index (κ1) is 20.7. The topological polar surface area (TPSA) is 12.5 Å². The van der Waals surface area contributed by atoms with Crippen LogP contribution in [0, 0.1) is 6.42 Å².